The molecule has 8 nitrogen and oxygen atoms in total. The summed E-state index contributed by atoms with van der Waals surface area (Å²) in [7, 11) is 2.09. The monoisotopic (exact) mass is 586 g/mol. The van der Waals surface area contributed by atoms with E-state index in [1.165, 1.54) is 31.3 Å². The van der Waals surface area contributed by atoms with E-state index in [0.717, 1.165) is 25.1 Å². The van der Waals surface area contributed by atoms with Crippen molar-refractivity contribution in [2.24, 2.45) is 0 Å². The van der Waals surface area contributed by atoms with Crippen molar-refractivity contribution in [3.8, 4) is 11.5 Å². The molecule has 2 aliphatic heterocycles. The number of likely N-dealkylation sites (N-methyl/N-ethyl adjacent to an activating group) is 1. The molecule has 1 saturated heterocycles. The smallest absolute Gasteiger partial charge is 0.416 e. The number of ether oxygens (including phenoxy) is 1. The first-order chi connectivity index (χ1) is 19.7. The molecule has 0 aliphatic carbocycles. The van der Waals surface area contributed by atoms with Gasteiger partial charge in [-0.3, -0.25) is 4.79 Å². The maximum absolute atomic E-state index is 13.1. The number of carbonyl (C=O) groups is 1. The number of benzene rings is 2. The number of anilines is 3. The van der Waals surface area contributed by atoms with Gasteiger partial charge in [-0.15, -0.1) is 0 Å². The van der Waals surface area contributed by atoms with Crippen LogP contribution in [0.3, 0.4) is 0 Å². The standard InChI is InChI=1S/C29H30ClF3N6O2/c1-39-12-3-2-6-21(39)16-35-28(40)18-10-11-34-26-23(13-18)27(37-17-36-26)38-20-8-9-25(24(30)15-20)41-22-7-4-5-19(14-22)29(31,32)33/h4-5,7-9,13-15,17,21H,2-3,6,10-12,16H2,1H3,(H,35,40)(H2,34,36,37,38). The summed E-state index contributed by atoms with van der Waals surface area (Å²) in [5, 5.41) is 9.74. The maximum Gasteiger partial charge on any atom is 0.416 e. The van der Waals surface area contributed by atoms with Crippen LogP contribution >= 0.6 is 11.6 Å². The predicted octanol–water partition coefficient (Wildman–Crippen LogP) is 6.48. The molecule has 0 spiro atoms. The highest BCUT2D eigenvalue weighted by Crippen LogP contribution is 2.36. The highest BCUT2D eigenvalue weighted by atomic mass is 35.5. The Morgan fingerprint density at radius 2 is 2.05 bits per heavy atom. The van der Waals surface area contributed by atoms with Crippen molar-refractivity contribution >= 4 is 40.9 Å². The Labute approximate surface area is 241 Å². The Morgan fingerprint density at radius 3 is 2.83 bits per heavy atom. The SMILES string of the molecule is CN1CCCCC1CNC(=O)C1=Cc2c(ncnc2Nc2ccc(Oc3cccc(C(F)(F)F)c3)c(Cl)c2)NCC1. The average Bonchev–Trinajstić information content (AvgIpc) is 3.17. The van der Waals surface area contributed by atoms with E-state index in [-0.39, 0.29) is 22.4 Å². The van der Waals surface area contributed by atoms with Gasteiger partial charge in [0.2, 0.25) is 5.91 Å². The number of hydrogen-bond acceptors (Lipinski definition) is 7. The Morgan fingerprint density at radius 1 is 1.20 bits per heavy atom. The number of fused-ring (bicyclic) bond motifs is 1. The second kappa shape index (κ2) is 12.4. The first kappa shape index (κ1) is 28.7. The number of alkyl halides is 3. The number of amides is 1. The number of likely N-dealkylation sites (tertiary alicyclic amines) is 1. The van der Waals surface area contributed by atoms with Crippen LogP contribution < -0.4 is 20.7 Å². The third kappa shape index (κ3) is 7.09. The van der Waals surface area contributed by atoms with E-state index in [4.69, 9.17) is 16.3 Å². The molecule has 1 atom stereocenters. The number of halogens is 4. The van der Waals surface area contributed by atoms with E-state index < -0.39 is 11.7 Å². The van der Waals surface area contributed by atoms with Crippen LogP contribution in [-0.2, 0) is 11.0 Å². The van der Waals surface area contributed by atoms with Crippen LogP contribution in [-0.4, -0.2) is 53.5 Å². The van der Waals surface area contributed by atoms with E-state index in [1.54, 1.807) is 24.3 Å². The number of hydrogen-bond donors (Lipinski definition) is 3. The van der Waals surface area contributed by atoms with Crippen LogP contribution in [0.15, 0.2) is 54.4 Å². The fraction of sp³-hybridized carbons (Fsp3) is 0.345. The molecule has 0 saturated carbocycles. The van der Waals surface area contributed by atoms with Crippen molar-refractivity contribution in [2.45, 2.75) is 37.9 Å². The molecule has 41 heavy (non-hydrogen) atoms. The fourth-order valence-electron chi connectivity index (χ4n) is 4.90. The summed E-state index contributed by atoms with van der Waals surface area (Å²) in [6, 6.07) is 9.73. The Kier molecular flexibility index (Phi) is 8.65. The van der Waals surface area contributed by atoms with Crippen molar-refractivity contribution in [3.63, 3.8) is 0 Å². The highest BCUT2D eigenvalue weighted by molar-refractivity contribution is 6.32. The largest absolute Gasteiger partial charge is 0.456 e. The minimum atomic E-state index is -4.48. The van der Waals surface area contributed by atoms with Gasteiger partial charge in [-0.1, -0.05) is 24.1 Å². The topological polar surface area (TPSA) is 91.4 Å². The summed E-state index contributed by atoms with van der Waals surface area (Å²) in [5.74, 6) is 1.15. The summed E-state index contributed by atoms with van der Waals surface area (Å²) >= 11 is 6.42. The predicted molar refractivity (Wildman–Crippen MR) is 153 cm³/mol. The Hall–Kier alpha value is -3.83. The molecule has 1 fully saturated rings. The van der Waals surface area contributed by atoms with E-state index in [0.29, 0.717) is 54.0 Å². The summed E-state index contributed by atoms with van der Waals surface area (Å²) < 4.78 is 44.8. The molecule has 0 bridgehead atoms. The van der Waals surface area contributed by atoms with Gasteiger partial charge in [-0.2, -0.15) is 13.2 Å². The molecule has 216 valence electrons. The normalized spacial score (nSPS) is 17.5. The fourth-order valence-corrected chi connectivity index (χ4v) is 5.12. The Balaban J connectivity index is 1.31. The molecule has 3 aromatic rings. The minimum absolute atomic E-state index is 0.0145. The first-order valence-corrected chi connectivity index (χ1v) is 13.7. The van der Waals surface area contributed by atoms with Gasteiger partial charge in [0.05, 0.1) is 16.1 Å². The summed E-state index contributed by atoms with van der Waals surface area (Å²) in [6.07, 6.45) is 2.66. The van der Waals surface area contributed by atoms with Crippen molar-refractivity contribution in [2.75, 3.05) is 37.3 Å². The van der Waals surface area contributed by atoms with Crippen molar-refractivity contribution < 1.29 is 22.7 Å². The lowest BCUT2D eigenvalue weighted by Crippen LogP contribution is -2.44. The number of nitrogens with zero attached hydrogens (tertiary/aromatic N) is 3. The van der Waals surface area contributed by atoms with Crippen LogP contribution in [0.5, 0.6) is 11.5 Å². The lowest BCUT2D eigenvalue weighted by atomic mass is 10.0. The number of nitrogens with one attached hydrogen (secondary N) is 3. The third-order valence-electron chi connectivity index (χ3n) is 7.18. The quantitative estimate of drug-likeness (QED) is 0.292. The molecule has 1 amide bonds. The van der Waals surface area contributed by atoms with Crippen molar-refractivity contribution in [1.82, 2.24) is 20.2 Å². The molecule has 3 heterocycles. The summed E-state index contributed by atoms with van der Waals surface area (Å²) in [5.41, 5.74) is 1.00. The van der Waals surface area contributed by atoms with E-state index >= 15 is 0 Å². The van der Waals surface area contributed by atoms with Gasteiger partial charge in [0.15, 0.2) is 0 Å². The number of piperidine rings is 1. The molecule has 1 aromatic heterocycles. The van der Waals surface area contributed by atoms with Crippen molar-refractivity contribution in [3.05, 3.63) is 70.5 Å². The van der Waals surface area contributed by atoms with Gasteiger partial charge in [0, 0.05) is 30.4 Å². The summed E-state index contributed by atoms with van der Waals surface area (Å²) in [4.78, 5) is 24.1. The van der Waals surface area contributed by atoms with E-state index in [2.05, 4.69) is 37.9 Å². The van der Waals surface area contributed by atoms with Gasteiger partial charge >= 0.3 is 6.18 Å². The zero-order valence-corrected chi connectivity index (χ0v) is 23.1. The number of rotatable bonds is 7. The second-order valence-corrected chi connectivity index (χ2v) is 10.5. The van der Waals surface area contributed by atoms with Gasteiger partial charge in [-0.25, -0.2) is 9.97 Å². The molecular weight excluding hydrogens is 557 g/mol. The Bertz CT molecular complexity index is 1450. The van der Waals surface area contributed by atoms with Gasteiger partial charge in [0.1, 0.15) is 29.5 Å². The first-order valence-electron chi connectivity index (χ1n) is 13.4. The minimum Gasteiger partial charge on any atom is -0.456 e. The molecule has 0 radical (unpaired) electrons. The molecular formula is C29H30ClF3N6O2. The molecule has 2 aromatic carbocycles. The van der Waals surface area contributed by atoms with Crippen LogP contribution in [0.2, 0.25) is 5.02 Å². The maximum atomic E-state index is 13.1. The molecule has 1 unspecified atom stereocenters. The lowest BCUT2D eigenvalue weighted by Gasteiger charge is -2.32. The second-order valence-electron chi connectivity index (χ2n) is 10.1. The zero-order chi connectivity index (χ0) is 29.0. The average molecular weight is 587 g/mol. The molecule has 5 rings (SSSR count). The van der Waals surface area contributed by atoms with Gasteiger partial charge in [-0.05, 0) is 75.3 Å². The van der Waals surface area contributed by atoms with Gasteiger partial charge < -0.3 is 25.6 Å². The highest BCUT2D eigenvalue weighted by Gasteiger charge is 2.30. The summed E-state index contributed by atoms with van der Waals surface area (Å²) in [6.45, 7) is 2.17. The van der Waals surface area contributed by atoms with Crippen molar-refractivity contribution in [1.29, 1.82) is 0 Å². The molecule has 12 heteroatoms. The van der Waals surface area contributed by atoms with Crippen LogP contribution in [0.4, 0.5) is 30.5 Å². The third-order valence-corrected chi connectivity index (χ3v) is 7.48. The zero-order valence-electron chi connectivity index (χ0n) is 22.4. The number of aromatic nitrogens is 2. The van der Waals surface area contributed by atoms with Crippen LogP contribution in [0.1, 0.15) is 36.8 Å². The molecule has 2 aliphatic rings. The molecule has 3 N–H and O–H groups in total. The van der Waals surface area contributed by atoms with Crippen LogP contribution in [0, 0.1) is 0 Å². The van der Waals surface area contributed by atoms with E-state index in [9.17, 15) is 18.0 Å². The number of carbonyl (C=O) groups excluding carboxylic acids is 1. The van der Waals surface area contributed by atoms with E-state index in [1.807, 2.05) is 0 Å². The van der Waals surface area contributed by atoms with Crippen LogP contribution in [0.25, 0.3) is 6.08 Å². The van der Waals surface area contributed by atoms with Gasteiger partial charge in [0.25, 0.3) is 0 Å². The lowest BCUT2D eigenvalue weighted by molar-refractivity contribution is -0.137.